The van der Waals surface area contributed by atoms with Gasteiger partial charge in [-0.05, 0) is 73.0 Å². The van der Waals surface area contributed by atoms with Crippen molar-refractivity contribution in [2.24, 2.45) is 11.8 Å². The molecule has 2 aromatic heterocycles. The van der Waals surface area contributed by atoms with Crippen LogP contribution in [0.2, 0.25) is 0 Å². The molecule has 14 nitrogen and oxygen atoms in total. The van der Waals surface area contributed by atoms with E-state index < -0.39 is 24.3 Å². The molecule has 2 unspecified atom stereocenters. The molecule has 2 fully saturated rings. The summed E-state index contributed by atoms with van der Waals surface area (Å²) < 4.78 is 9.44. The Morgan fingerprint density at radius 2 is 1.25 bits per heavy atom. The van der Waals surface area contributed by atoms with Crippen LogP contribution in [0.5, 0.6) is 0 Å². The summed E-state index contributed by atoms with van der Waals surface area (Å²) in [6.45, 7) is 8.68. The zero-order chi connectivity index (χ0) is 37.4. The molecule has 52 heavy (non-hydrogen) atoms. The van der Waals surface area contributed by atoms with Crippen molar-refractivity contribution >= 4 is 24.0 Å². The van der Waals surface area contributed by atoms with E-state index in [1.54, 1.807) is 22.2 Å². The quantitative estimate of drug-likeness (QED) is 0.238. The van der Waals surface area contributed by atoms with Gasteiger partial charge in [0.05, 0.1) is 44.4 Å². The second-order valence-electron chi connectivity index (χ2n) is 13.5. The number of ether oxygens (including phenoxy) is 2. The van der Waals surface area contributed by atoms with E-state index in [1.807, 2.05) is 52.0 Å². The van der Waals surface area contributed by atoms with Gasteiger partial charge in [0.2, 0.25) is 11.8 Å². The molecule has 4 amide bonds. The molecule has 3 aromatic rings. The van der Waals surface area contributed by atoms with Crippen molar-refractivity contribution in [2.75, 3.05) is 27.3 Å². The number of hydrogen-bond donors (Lipinski definition) is 4. The third-order valence-corrected chi connectivity index (χ3v) is 9.34. The van der Waals surface area contributed by atoms with Gasteiger partial charge in [-0.1, -0.05) is 45.7 Å². The van der Waals surface area contributed by atoms with Crippen LogP contribution in [-0.4, -0.2) is 93.1 Å². The van der Waals surface area contributed by atoms with Crippen molar-refractivity contribution in [1.29, 1.82) is 0 Å². The second-order valence-corrected chi connectivity index (χ2v) is 13.5. The van der Waals surface area contributed by atoms with E-state index >= 15 is 0 Å². The predicted octanol–water partition coefficient (Wildman–Crippen LogP) is 4.29. The van der Waals surface area contributed by atoms with Gasteiger partial charge in [-0.25, -0.2) is 19.6 Å². The molecule has 2 aliphatic rings. The Kier molecular flexibility index (Phi) is 12.2. The third kappa shape index (κ3) is 8.75. The molecule has 2 aliphatic heterocycles. The Balaban J connectivity index is 1.20. The molecule has 2 saturated heterocycles. The molecule has 0 saturated carbocycles. The minimum Gasteiger partial charge on any atom is -0.453 e. The standard InChI is InChI=1S/C38H46N8O6/c1-23(2)31(43-37(49)51-5)35(47)45-19-9-13-29(45)33-39-21-27(41-33)12-8-7-11-25-15-17-26(18-16-25)28-22-40-34(42-28)30-14-10-20-46(30)36(48)32(24(3)4)44-38(50)52-6/h15-18,21-24,29-32H,9-10,13-14,19-20H2,1-6H3,(H,39,41)(H,40,42)(H,43,49)(H,44,50)/t29?,30?,31-,32-/m1/s1. The number of nitrogens with zero attached hydrogens (tertiary/aromatic N) is 4. The number of rotatable bonds is 9. The largest absolute Gasteiger partial charge is 0.453 e. The van der Waals surface area contributed by atoms with Crippen molar-refractivity contribution in [1.82, 2.24) is 40.4 Å². The first-order valence-corrected chi connectivity index (χ1v) is 17.5. The summed E-state index contributed by atoms with van der Waals surface area (Å²) in [6.07, 6.45) is 5.30. The SMILES string of the molecule is COC(=O)N[C@@H](C(=O)N1CCCC1c1ncc(C#CC#Cc2ccc(-c3cnc(C4CCCN4C(=O)[C@H](NC(=O)OC)C(C)C)[nH]3)cc2)[nH]1)C(C)C. The molecule has 0 aliphatic carbocycles. The number of likely N-dealkylation sites (tertiary alicyclic amines) is 2. The van der Waals surface area contributed by atoms with Crippen LogP contribution in [0.25, 0.3) is 11.3 Å². The molecule has 4 N–H and O–H groups in total. The smallest absolute Gasteiger partial charge is 0.407 e. The molecular formula is C38H46N8O6. The van der Waals surface area contributed by atoms with Crippen LogP contribution in [-0.2, 0) is 19.1 Å². The summed E-state index contributed by atoms with van der Waals surface area (Å²) in [5.74, 6) is 12.6. The highest BCUT2D eigenvalue weighted by molar-refractivity contribution is 5.87. The average Bonchev–Trinajstić information content (AvgIpc) is 3.97. The van der Waals surface area contributed by atoms with Gasteiger partial charge in [-0.15, -0.1) is 0 Å². The zero-order valence-corrected chi connectivity index (χ0v) is 30.4. The van der Waals surface area contributed by atoms with Crippen molar-refractivity contribution in [3.63, 3.8) is 0 Å². The molecule has 0 spiro atoms. The van der Waals surface area contributed by atoms with Crippen LogP contribution in [0.15, 0.2) is 36.7 Å². The number of H-pyrrole nitrogens is 2. The summed E-state index contributed by atoms with van der Waals surface area (Å²) in [4.78, 5) is 69.8. The molecule has 4 heterocycles. The molecular weight excluding hydrogens is 664 g/mol. The number of benzene rings is 1. The summed E-state index contributed by atoms with van der Waals surface area (Å²) in [5.41, 5.74) is 3.11. The van der Waals surface area contributed by atoms with Crippen LogP contribution in [0.1, 0.15) is 88.4 Å². The number of amides is 4. The zero-order valence-electron chi connectivity index (χ0n) is 30.4. The number of hydrogen-bond acceptors (Lipinski definition) is 8. The molecule has 14 heteroatoms. The predicted molar refractivity (Wildman–Crippen MR) is 192 cm³/mol. The lowest BCUT2D eigenvalue weighted by Crippen LogP contribution is -2.51. The van der Waals surface area contributed by atoms with Crippen LogP contribution in [0.3, 0.4) is 0 Å². The lowest BCUT2D eigenvalue weighted by molar-refractivity contribution is -0.136. The lowest BCUT2D eigenvalue weighted by atomic mass is 10.0. The number of methoxy groups -OCH3 is 2. The number of carbonyl (C=O) groups excluding carboxylic acids is 4. The van der Waals surface area contributed by atoms with Gasteiger partial charge in [0.25, 0.3) is 0 Å². The van der Waals surface area contributed by atoms with Gasteiger partial charge in [0.1, 0.15) is 29.4 Å². The number of nitrogens with one attached hydrogen (secondary N) is 4. The minimum atomic E-state index is -0.703. The topological polar surface area (TPSA) is 175 Å². The van der Waals surface area contributed by atoms with Gasteiger partial charge in [-0.3, -0.25) is 9.59 Å². The van der Waals surface area contributed by atoms with Crippen LogP contribution in [0, 0.1) is 35.5 Å². The normalized spacial score (nSPS) is 17.8. The maximum atomic E-state index is 13.4. The fraction of sp³-hybridized carbons (Fsp3) is 0.474. The van der Waals surface area contributed by atoms with Crippen molar-refractivity contribution < 1.29 is 28.7 Å². The van der Waals surface area contributed by atoms with E-state index in [2.05, 4.69) is 54.3 Å². The Bertz CT molecular complexity index is 1880. The van der Waals surface area contributed by atoms with Crippen molar-refractivity contribution in [3.05, 3.63) is 59.6 Å². The Labute approximate surface area is 303 Å². The maximum absolute atomic E-state index is 13.4. The first kappa shape index (κ1) is 37.5. The third-order valence-electron chi connectivity index (χ3n) is 9.34. The fourth-order valence-electron chi connectivity index (χ4n) is 6.54. The molecule has 5 rings (SSSR count). The number of carbonyl (C=O) groups is 4. The fourth-order valence-corrected chi connectivity index (χ4v) is 6.54. The highest BCUT2D eigenvalue weighted by Crippen LogP contribution is 2.33. The first-order valence-electron chi connectivity index (χ1n) is 17.5. The number of alkyl carbamates (subject to hydrolysis) is 2. The highest BCUT2D eigenvalue weighted by atomic mass is 16.5. The van der Waals surface area contributed by atoms with E-state index in [4.69, 9.17) is 9.47 Å². The van der Waals surface area contributed by atoms with Crippen LogP contribution < -0.4 is 10.6 Å². The Morgan fingerprint density at radius 1 is 0.750 bits per heavy atom. The summed E-state index contributed by atoms with van der Waals surface area (Å²) in [7, 11) is 2.55. The van der Waals surface area contributed by atoms with Gasteiger partial charge in [0, 0.05) is 18.7 Å². The van der Waals surface area contributed by atoms with E-state index in [0.29, 0.717) is 30.4 Å². The van der Waals surface area contributed by atoms with E-state index in [1.165, 1.54) is 14.2 Å². The summed E-state index contributed by atoms with van der Waals surface area (Å²) in [6, 6.07) is 5.84. The number of aromatic amines is 2. The van der Waals surface area contributed by atoms with E-state index in [0.717, 1.165) is 42.5 Å². The van der Waals surface area contributed by atoms with E-state index in [-0.39, 0.29) is 35.7 Å². The van der Waals surface area contributed by atoms with E-state index in [9.17, 15) is 19.2 Å². The van der Waals surface area contributed by atoms with Gasteiger partial charge in [-0.2, -0.15) is 0 Å². The Hall–Kier alpha value is -5.76. The molecule has 0 bridgehead atoms. The average molecular weight is 711 g/mol. The number of imidazole rings is 2. The molecule has 274 valence electrons. The van der Waals surface area contributed by atoms with Gasteiger partial charge in [0.15, 0.2) is 0 Å². The minimum absolute atomic E-state index is 0.111. The Morgan fingerprint density at radius 3 is 1.77 bits per heavy atom. The van der Waals surface area contributed by atoms with Crippen LogP contribution in [0.4, 0.5) is 9.59 Å². The second kappa shape index (κ2) is 17.0. The molecule has 0 radical (unpaired) electrons. The monoisotopic (exact) mass is 710 g/mol. The highest BCUT2D eigenvalue weighted by Gasteiger charge is 2.38. The maximum Gasteiger partial charge on any atom is 0.407 e. The van der Waals surface area contributed by atoms with Gasteiger partial charge >= 0.3 is 12.2 Å². The summed E-state index contributed by atoms with van der Waals surface area (Å²) in [5, 5.41) is 5.33. The number of aromatic nitrogens is 4. The van der Waals surface area contributed by atoms with Crippen LogP contribution >= 0.6 is 0 Å². The summed E-state index contributed by atoms with van der Waals surface area (Å²) >= 11 is 0. The van der Waals surface area contributed by atoms with Crippen molar-refractivity contribution in [2.45, 2.75) is 77.5 Å². The van der Waals surface area contributed by atoms with Gasteiger partial charge < -0.3 is 39.9 Å². The molecule has 1 aromatic carbocycles. The first-order chi connectivity index (χ1) is 25.0. The lowest BCUT2D eigenvalue weighted by Gasteiger charge is -2.30. The van der Waals surface area contributed by atoms with Crippen molar-refractivity contribution in [3.8, 4) is 34.9 Å². The molecule has 4 atom stereocenters.